The zero-order valence-electron chi connectivity index (χ0n) is 14.9. The lowest BCUT2D eigenvalue weighted by molar-refractivity contribution is -0.155. The highest BCUT2D eigenvalue weighted by Gasteiger charge is 2.43. The summed E-state index contributed by atoms with van der Waals surface area (Å²) in [6.45, 7) is 2.31. The number of nitrogens with one attached hydrogen (secondary N) is 2. The predicted molar refractivity (Wildman–Crippen MR) is 92.2 cm³/mol. The smallest absolute Gasteiger partial charge is 0.408 e. The van der Waals surface area contributed by atoms with Gasteiger partial charge in [-0.25, -0.2) is 9.59 Å². The number of hydrogen-bond donors (Lipinski definition) is 2. The molecule has 0 aromatic heterocycles. The minimum Gasteiger partial charge on any atom is -0.467 e. The van der Waals surface area contributed by atoms with Crippen molar-refractivity contribution < 1.29 is 28.6 Å². The summed E-state index contributed by atoms with van der Waals surface area (Å²) in [4.78, 5) is 36.4. The van der Waals surface area contributed by atoms with Crippen molar-refractivity contribution in [3.8, 4) is 0 Å². The topological polar surface area (TPSA) is 103 Å². The second-order valence-corrected chi connectivity index (χ2v) is 6.10. The van der Waals surface area contributed by atoms with Crippen molar-refractivity contribution >= 4 is 18.0 Å². The first kappa shape index (κ1) is 19.7. The van der Waals surface area contributed by atoms with Crippen LogP contribution in [0.4, 0.5) is 4.79 Å². The van der Waals surface area contributed by atoms with Gasteiger partial charge in [0.15, 0.2) is 0 Å². The van der Waals surface area contributed by atoms with Gasteiger partial charge in [0.2, 0.25) is 5.91 Å². The lowest BCUT2D eigenvalue weighted by Gasteiger charge is -2.35. The molecule has 0 saturated carbocycles. The van der Waals surface area contributed by atoms with E-state index in [1.807, 2.05) is 30.3 Å². The van der Waals surface area contributed by atoms with E-state index in [9.17, 15) is 14.4 Å². The molecule has 8 heteroatoms. The quantitative estimate of drug-likeness (QED) is 0.734. The van der Waals surface area contributed by atoms with Gasteiger partial charge >= 0.3 is 12.1 Å². The summed E-state index contributed by atoms with van der Waals surface area (Å²) in [7, 11) is 1.27. The molecule has 1 saturated heterocycles. The molecule has 1 atom stereocenters. The average molecular weight is 364 g/mol. The van der Waals surface area contributed by atoms with E-state index in [-0.39, 0.29) is 6.61 Å². The predicted octanol–water partition coefficient (Wildman–Crippen LogP) is 1.14. The van der Waals surface area contributed by atoms with Crippen LogP contribution in [0.2, 0.25) is 0 Å². The molecule has 0 unspecified atom stereocenters. The fourth-order valence-corrected chi connectivity index (χ4v) is 2.65. The molecule has 2 amide bonds. The molecule has 0 radical (unpaired) electrons. The minimum atomic E-state index is -1.13. The van der Waals surface area contributed by atoms with Gasteiger partial charge in [0.05, 0.1) is 7.11 Å². The number of ether oxygens (including phenoxy) is 3. The highest BCUT2D eigenvalue weighted by atomic mass is 16.5. The van der Waals surface area contributed by atoms with E-state index < -0.39 is 29.6 Å². The monoisotopic (exact) mass is 364 g/mol. The SMILES string of the molecule is COC(=O)C1(NC(=O)[C@@H](C)NC(=O)OCc2ccccc2)CCOCC1. The summed E-state index contributed by atoms with van der Waals surface area (Å²) in [5, 5.41) is 5.16. The summed E-state index contributed by atoms with van der Waals surface area (Å²) in [5.41, 5.74) is -0.292. The van der Waals surface area contributed by atoms with Crippen LogP contribution >= 0.6 is 0 Å². The van der Waals surface area contributed by atoms with E-state index in [1.165, 1.54) is 14.0 Å². The van der Waals surface area contributed by atoms with Crippen molar-refractivity contribution in [1.82, 2.24) is 10.6 Å². The maximum atomic E-state index is 12.4. The van der Waals surface area contributed by atoms with Crippen LogP contribution in [0.5, 0.6) is 0 Å². The molecule has 0 aliphatic carbocycles. The van der Waals surface area contributed by atoms with E-state index in [2.05, 4.69) is 10.6 Å². The van der Waals surface area contributed by atoms with Crippen LogP contribution in [0.3, 0.4) is 0 Å². The molecule has 1 heterocycles. The number of methoxy groups -OCH3 is 1. The first-order chi connectivity index (χ1) is 12.5. The molecular weight excluding hydrogens is 340 g/mol. The fourth-order valence-electron chi connectivity index (χ4n) is 2.65. The first-order valence-corrected chi connectivity index (χ1v) is 8.42. The summed E-state index contributed by atoms with van der Waals surface area (Å²) >= 11 is 0. The van der Waals surface area contributed by atoms with Crippen LogP contribution in [-0.4, -0.2) is 49.9 Å². The Morgan fingerprint density at radius 2 is 1.85 bits per heavy atom. The lowest BCUT2D eigenvalue weighted by Crippen LogP contribution is -2.61. The van der Waals surface area contributed by atoms with Crippen molar-refractivity contribution in [2.24, 2.45) is 0 Å². The fraction of sp³-hybridized carbons (Fsp3) is 0.500. The van der Waals surface area contributed by atoms with E-state index >= 15 is 0 Å². The lowest BCUT2D eigenvalue weighted by atomic mass is 9.89. The molecule has 1 aliphatic rings. The highest BCUT2D eigenvalue weighted by molar-refractivity contribution is 5.91. The van der Waals surface area contributed by atoms with Gasteiger partial charge in [-0.05, 0) is 12.5 Å². The van der Waals surface area contributed by atoms with Crippen molar-refractivity contribution in [2.45, 2.75) is 38.0 Å². The number of carbonyl (C=O) groups excluding carboxylic acids is 3. The Bertz CT molecular complexity index is 628. The Balaban J connectivity index is 1.87. The first-order valence-electron chi connectivity index (χ1n) is 8.42. The summed E-state index contributed by atoms with van der Waals surface area (Å²) in [5.74, 6) is -1.01. The largest absolute Gasteiger partial charge is 0.467 e. The second kappa shape index (κ2) is 9.19. The Labute approximate surface area is 152 Å². The number of alkyl carbamates (subject to hydrolysis) is 1. The van der Waals surface area contributed by atoms with E-state index in [1.54, 1.807) is 0 Å². The van der Waals surface area contributed by atoms with Crippen molar-refractivity contribution in [2.75, 3.05) is 20.3 Å². The number of rotatable bonds is 6. The van der Waals surface area contributed by atoms with Crippen LogP contribution in [0.1, 0.15) is 25.3 Å². The van der Waals surface area contributed by atoms with Crippen LogP contribution in [-0.2, 0) is 30.4 Å². The summed E-state index contributed by atoms with van der Waals surface area (Å²) in [6.07, 6.45) is -0.0803. The zero-order chi connectivity index (χ0) is 19.0. The third kappa shape index (κ3) is 5.19. The van der Waals surface area contributed by atoms with Gasteiger partial charge in [-0.15, -0.1) is 0 Å². The molecule has 2 rings (SSSR count). The van der Waals surface area contributed by atoms with E-state index in [4.69, 9.17) is 14.2 Å². The molecule has 1 aromatic rings. The molecule has 1 fully saturated rings. The van der Waals surface area contributed by atoms with Gasteiger partial charge in [0.1, 0.15) is 18.2 Å². The normalized spacial score (nSPS) is 16.8. The maximum absolute atomic E-state index is 12.4. The van der Waals surface area contributed by atoms with Gasteiger partial charge in [-0.3, -0.25) is 4.79 Å². The Kier molecular flexibility index (Phi) is 6.97. The molecule has 8 nitrogen and oxygen atoms in total. The Morgan fingerprint density at radius 3 is 2.46 bits per heavy atom. The molecular formula is C18H24N2O6. The molecule has 1 aromatic carbocycles. The van der Waals surface area contributed by atoms with Gasteiger partial charge in [-0.2, -0.15) is 0 Å². The van der Waals surface area contributed by atoms with E-state index in [0.717, 1.165) is 5.56 Å². The maximum Gasteiger partial charge on any atom is 0.408 e. The van der Waals surface area contributed by atoms with Gasteiger partial charge in [0.25, 0.3) is 0 Å². The number of benzene rings is 1. The summed E-state index contributed by atoms with van der Waals surface area (Å²) in [6, 6.07) is 8.33. The van der Waals surface area contributed by atoms with Gasteiger partial charge < -0.3 is 24.8 Å². The molecule has 26 heavy (non-hydrogen) atoms. The summed E-state index contributed by atoms with van der Waals surface area (Å²) < 4.78 is 15.2. The highest BCUT2D eigenvalue weighted by Crippen LogP contribution is 2.22. The second-order valence-electron chi connectivity index (χ2n) is 6.10. The standard InChI is InChI=1S/C18H24N2O6/c1-13(19-17(23)26-12-14-6-4-3-5-7-14)15(21)20-18(16(22)24-2)8-10-25-11-9-18/h3-7,13H,8-12H2,1-2H3,(H,19,23)(H,20,21)/t13-/m1/s1. The third-order valence-corrected chi connectivity index (χ3v) is 4.23. The molecule has 142 valence electrons. The van der Waals surface area contributed by atoms with Crippen molar-refractivity contribution in [3.05, 3.63) is 35.9 Å². The number of esters is 1. The van der Waals surface area contributed by atoms with Gasteiger partial charge in [0, 0.05) is 26.1 Å². The average Bonchev–Trinajstić information content (AvgIpc) is 2.67. The van der Waals surface area contributed by atoms with Crippen LogP contribution in [0, 0.1) is 0 Å². The number of carbonyl (C=O) groups is 3. The number of amides is 2. The molecule has 2 N–H and O–H groups in total. The van der Waals surface area contributed by atoms with E-state index in [0.29, 0.717) is 26.1 Å². The Morgan fingerprint density at radius 1 is 1.19 bits per heavy atom. The minimum absolute atomic E-state index is 0.102. The van der Waals surface area contributed by atoms with Crippen LogP contribution in [0.15, 0.2) is 30.3 Å². The molecule has 0 bridgehead atoms. The Hall–Kier alpha value is -2.61. The van der Waals surface area contributed by atoms with Gasteiger partial charge in [-0.1, -0.05) is 30.3 Å². The molecule has 0 spiro atoms. The van der Waals surface area contributed by atoms with Crippen LogP contribution in [0.25, 0.3) is 0 Å². The number of hydrogen-bond acceptors (Lipinski definition) is 6. The van der Waals surface area contributed by atoms with Crippen molar-refractivity contribution in [1.29, 1.82) is 0 Å². The zero-order valence-corrected chi connectivity index (χ0v) is 14.9. The third-order valence-electron chi connectivity index (χ3n) is 4.23. The van der Waals surface area contributed by atoms with Crippen molar-refractivity contribution in [3.63, 3.8) is 0 Å². The van der Waals surface area contributed by atoms with Crippen LogP contribution < -0.4 is 10.6 Å². The molecule has 1 aliphatic heterocycles.